The Morgan fingerprint density at radius 3 is 2.84 bits per heavy atom. The monoisotopic (exact) mass is 256 g/mol. The maximum atomic E-state index is 13.1. The first-order valence-electron chi connectivity index (χ1n) is 6.19. The Hall–Kier alpha value is -2.07. The van der Waals surface area contributed by atoms with E-state index in [1.54, 1.807) is 0 Å². The number of hydrogen-bond donors (Lipinski definition) is 1. The molecule has 3 rings (SSSR count). The van der Waals surface area contributed by atoms with Crippen LogP contribution in [0.15, 0.2) is 42.7 Å². The van der Waals surface area contributed by atoms with Crippen LogP contribution in [0.3, 0.4) is 0 Å². The molecule has 2 heterocycles. The first kappa shape index (κ1) is 12.0. The lowest BCUT2D eigenvalue weighted by molar-refractivity contribution is 0.0937. The van der Waals surface area contributed by atoms with Gasteiger partial charge in [-0.05, 0) is 23.6 Å². The Balaban J connectivity index is 1.83. The van der Waals surface area contributed by atoms with Crippen LogP contribution in [0.25, 0.3) is 0 Å². The van der Waals surface area contributed by atoms with Crippen molar-refractivity contribution >= 4 is 5.78 Å². The zero-order valence-electron chi connectivity index (χ0n) is 10.3. The Morgan fingerprint density at radius 1 is 1.26 bits per heavy atom. The highest BCUT2D eigenvalue weighted by Gasteiger charge is 2.25. The third-order valence-corrected chi connectivity index (χ3v) is 3.39. The number of carbonyl (C=O) groups is 1. The van der Waals surface area contributed by atoms with Gasteiger partial charge >= 0.3 is 0 Å². The molecule has 19 heavy (non-hydrogen) atoms. The lowest BCUT2D eigenvalue weighted by atomic mass is 9.92. The maximum absolute atomic E-state index is 13.1. The molecule has 4 heteroatoms. The molecule has 2 aromatic rings. The summed E-state index contributed by atoms with van der Waals surface area (Å²) in [6, 6.07) is 8.96. The maximum Gasteiger partial charge on any atom is 0.181 e. The molecule has 0 fully saturated rings. The summed E-state index contributed by atoms with van der Waals surface area (Å²) < 4.78 is 13.1. The molecule has 0 saturated heterocycles. The number of hydrogen-bond acceptors (Lipinski definition) is 3. The number of ketones is 1. The summed E-state index contributed by atoms with van der Waals surface area (Å²) in [5.41, 5.74) is 2.70. The van der Waals surface area contributed by atoms with Gasteiger partial charge in [0.15, 0.2) is 5.78 Å². The molecule has 1 aromatic carbocycles. The van der Waals surface area contributed by atoms with E-state index in [1.807, 2.05) is 24.3 Å². The van der Waals surface area contributed by atoms with E-state index in [0.717, 1.165) is 6.20 Å². The summed E-state index contributed by atoms with van der Waals surface area (Å²) in [7, 11) is 0. The second-order valence-electron chi connectivity index (χ2n) is 4.66. The molecule has 0 saturated carbocycles. The highest BCUT2D eigenvalue weighted by Crippen LogP contribution is 2.18. The first-order valence-corrected chi connectivity index (χ1v) is 6.19. The summed E-state index contributed by atoms with van der Waals surface area (Å²) in [5, 5.41) is 3.19. The third kappa shape index (κ3) is 2.39. The van der Waals surface area contributed by atoms with E-state index in [9.17, 15) is 9.18 Å². The fourth-order valence-corrected chi connectivity index (χ4v) is 2.39. The van der Waals surface area contributed by atoms with E-state index >= 15 is 0 Å². The second kappa shape index (κ2) is 4.90. The van der Waals surface area contributed by atoms with Crippen LogP contribution in [0.1, 0.15) is 21.5 Å². The van der Waals surface area contributed by atoms with Gasteiger partial charge in [-0.1, -0.05) is 24.3 Å². The van der Waals surface area contributed by atoms with E-state index in [0.29, 0.717) is 18.5 Å². The minimum atomic E-state index is -0.484. The molecule has 3 nitrogen and oxygen atoms in total. The minimum Gasteiger partial charge on any atom is -0.303 e. The Labute approximate surface area is 110 Å². The molecule has 0 bridgehead atoms. The van der Waals surface area contributed by atoms with Crippen molar-refractivity contribution in [3.63, 3.8) is 0 Å². The molecule has 1 aliphatic heterocycles. The second-order valence-corrected chi connectivity index (χ2v) is 4.66. The first-order chi connectivity index (χ1) is 9.24. The molecule has 0 radical (unpaired) electrons. The molecule has 1 atom stereocenters. The highest BCUT2D eigenvalue weighted by atomic mass is 19.1. The molecular weight excluding hydrogens is 243 g/mol. The van der Waals surface area contributed by atoms with E-state index in [4.69, 9.17) is 0 Å². The average Bonchev–Trinajstić information content (AvgIpc) is 2.46. The van der Waals surface area contributed by atoms with E-state index < -0.39 is 5.82 Å². The number of aromatic nitrogens is 1. The van der Waals surface area contributed by atoms with Crippen LogP contribution >= 0.6 is 0 Å². The number of fused-ring (bicyclic) bond motifs is 1. The molecule has 96 valence electrons. The van der Waals surface area contributed by atoms with Gasteiger partial charge in [0.2, 0.25) is 0 Å². The van der Waals surface area contributed by atoms with Crippen LogP contribution in [0.2, 0.25) is 0 Å². The Morgan fingerprint density at radius 2 is 2.05 bits per heavy atom. The standard InChI is InChI=1S/C15H13FN2O/c16-13-5-12(7-17-9-13)15(19)14-6-10-3-1-2-4-11(10)8-18-14/h1-5,7,9,14,18H,6,8H2. The van der Waals surface area contributed by atoms with E-state index in [-0.39, 0.29) is 11.8 Å². The smallest absolute Gasteiger partial charge is 0.181 e. The number of rotatable bonds is 2. The van der Waals surface area contributed by atoms with Gasteiger partial charge < -0.3 is 5.32 Å². The summed E-state index contributed by atoms with van der Waals surface area (Å²) in [5.74, 6) is -0.594. The number of benzene rings is 1. The van der Waals surface area contributed by atoms with Crippen molar-refractivity contribution in [1.82, 2.24) is 10.3 Å². The zero-order valence-corrected chi connectivity index (χ0v) is 10.3. The quantitative estimate of drug-likeness (QED) is 0.837. The predicted molar refractivity (Wildman–Crippen MR) is 69.3 cm³/mol. The van der Waals surface area contributed by atoms with Gasteiger partial charge in [-0.15, -0.1) is 0 Å². The number of nitrogens with zero attached hydrogens (tertiary/aromatic N) is 1. The number of nitrogens with one attached hydrogen (secondary N) is 1. The molecular formula is C15H13FN2O. The summed E-state index contributed by atoms with van der Waals surface area (Å²) in [6.07, 6.45) is 3.14. The van der Waals surface area contributed by atoms with Gasteiger partial charge in [0, 0.05) is 18.3 Å². The number of pyridine rings is 1. The molecule has 0 aliphatic carbocycles. The van der Waals surface area contributed by atoms with Gasteiger partial charge in [0.1, 0.15) is 5.82 Å². The lowest BCUT2D eigenvalue weighted by Gasteiger charge is -2.25. The average molecular weight is 256 g/mol. The van der Waals surface area contributed by atoms with Crippen LogP contribution in [0.4, 0.5) is 4.39 Å². The van der Waals surface area contributed by atoms with Gasteiger partial charge in [-0.2, -0.15) is 0 Å². The Kier molecular flexibility index (Phi) is 3.09. The normalized spacial score (nSPS) is 17.8. The van der Waals surface area contributed by atoms with Gasteiger partial charge in [0.25, 0.3) is 0 Å². The van der Waals surface area contributed by atoms with Crippen LogP contribution in [-0.2, 0) is 13.0 Å². The third-order valence-electron chi connectivity index (χ3n) is 3.39. The van der Waals surface area contributed by atoms with Gasteiger partial charge in [0.05, 0.1) is 12.2 Å². The predicted octanol–water partition coefficient (Wildman–Crippen LogP) is 2.12. The van der Waals surface area contributed by atoms with Crippen LogP contribution in [0, 0.1) is 5.82 Å². The molecule has 1 N–H and O–H groups in total. The van der Waals surface area contributed by atoms with E-state index in [1.165, 1.54) is 23.4 Å². The number of Topliss-reactive ketones (excluding diaryl/α,β-unsaturated/α-hetero) is 1. The van der Waals surface area contributed by atoms with Gasteiger partial charge in [-0.3, -0.25) is 9.78 Å². The molecule has 1 unspecified atom stereocenters. The van der Waals surface area contributed by atoms with Crippen molar-refractivity contribution in [2.24, 2.45) is 0 Å². The number of halogens is 1. The Bertz CT molecular complexity index is 627. The van der Waals surface area contributed by atoms with Gasteiger partial charge in [-0.25, -0.2) is 4.39 Å². The molecule has 0 spiro atoms. The van der Waals surface area contributed by atoms with Crippen molar-refractivity contribution in [2.45, 2.75) is 19.0 Å². The lowest BCUT2D eigenvalue weighted by Crippen LogP contribution is -2.41. The van der Waals surface area contributed by atoms with Crippen LogP contribution in [-0.4, -0.2) is 16.8 Å². The zero-order chi connectivity index (χ0) is 13.2. The topological polar surface area (TPSA) is 42.0 Å². The SMILES string of the molecule is O=C(c1cncc(F)c1)C1Cc2ccccc2CN1. The molecule has 0 amide bonds. The molecule has 1 aliphatic rings. The largest absolute Gasteiger partial charge is 0.303 e. The van der Waals surface area contributed by atoms with E-state index in [2.05, 4.69) is 10.3 Å². The summed E-state index contributed by atoms with van der Waals surface area (Å²) >= 11 is 0. The fourth-order valence-electron chi connectivity index (χ4n) is 2.39. The number of carbonyl (C=O) groups excluding carboxylic acids is 1. The summed E-state index contributed by atoms with van der Waals surface area (Å²) in [6.45, 7) is 0.662. The highest BCUT2D eigenvalue weighted by molar-refractivity contribution is 6.00. The van der Waals surface area contributed by atoms with Crippen molar-refractivity contribution in [2.75, 3.05) is 0 Å². The minimum absolute atomic E-state index is 0.110. The van der Waals surface area contributed by atoms with Crippen molar-refractivity contribution in [3.8, 4) is 0 Å². The van der Waals surface area contributed by atoms with Crippen molar-refractivity contribution in [1.29, 1.82) is 0 Å². The van der Waals surface area contributed by atoms with Crippen molar-refractivity contribution in [3.05, 3.63) is 65.2 Å². The fraction of sp³-hybridized carbons (Fsp3) is 0.200. The molecule has 1 aromatic heterocycles. The van der Waals surface area contributed by atoms with Crippen LogP contribution in [0.5, 0.6) is 0 Å². The summed E-state index contributed by atoms with van der Waals surface area (Å²) in [4.78, 5) is 16.0. The van der Waals surface area contributed by atoms with Crippen LogP contribution < -0.4 is 5.32 Å². The van der Waals surface area contributed by atoms with Crippen molar-refractivity contribution < 1.29 is 9.18 Å².